The number of hydrogen-bond acceptors (Lipinski definition) is 4. The predicted octanol–water partition coefficient (Wildman–Crippen LogP) is 2.75. The molecule has 1 saturated heterocycles. The van der Waals surface area contributed by atoms with Gasteiger partial charge in [-0.3, -0.25) is 4.79 Å². The molecule has 6 nitrogen and oxygen atoms in total. The van der Waals surface area contributed by atoms with Crippen LogP contribution in [0.3, 0.4) is 0 Å². The van der Waals surface area contributed by atoms with Crippen molar-refractivity contribution in [2.24, 2.45) is 0 Å². The molecule has 152 valence electrons. The lowest BCUT2D eigenvalue weighted by Gasteiger charge is -2.57. The van der Waals surface area contributed by atoms with Crippen LogP contribution in [-0.4, -0.2) is 64.6 Å². The van der Waals surface area contributed by atoms with Gasteiger partial charge in [0.15, 0.2) is 0 Å². The van der Waals surface area contributed by atoms with E-state index in [0.717, 1.165) is 24.9 Å². The molecule has 0 unspecified atom stereocenters. The van der Waals surface area contributed by atoms with E-state index in [1.54, 1.807) is 36.2 Å². The number of phenolic OH excluding ortho intramolecular Hbond substituents is 1. The zero-order valence-electron chi connectivity index (χ0n) is 16.9. The van der Waals surface area contributed by atoms with E-state index in [0.29, 0.717) is 0 Å². The Labute approximate surface area is 170 Å². The number of hydrogen-bond donors (Lipinski definition) is 2. The molecular formula is C23H26N2O4. The number of aromatic carboxylic acids is 1. The van der Waals surface area contributed by atoms with Gasteiger partial charge in [-0.15, -0.1) is 0 Å². The van der Waals surface area contributed by atoms with Gasteiger partial charge >= 0.3 is 5.97 Å². The second-order valence-electron chi connectivity index (χ2n) is 8.47. The summed E-state index contributed by atoms with van der Waals surface area (Å²) in [7, 11) is 3.84. The lowest BCUT2D eigenvalue weighted by atomic mass is 9.61. The zero-order valence-corrected chi connectivity index (χ0v) is 16.9. The van der Waals surface area contributed by atoms with Crippen LogP contribution in [0.5, 0.6) is 5.75 Å². The highest BCUT2D eigenvalue weighted by Gasteiger charge is 2.52. The summed E-state index contributed by atoms with van der Waals surface area (Å²) in [5.74, 6) is -1.17. The highest BCUT2D eigenvalue weighted by atomic mass is 16.4. The molecule has 2 bridgehead atoms. The number of likely N-dealkylation sites (tertiary alicyclic amines) is 1. The van der Waals surface area contributed by atoms with Gasteiger partial charge in [-0.1, -0.05) is 25.1 Å². The number of amides is 1. The number of rotatable bonds is 3. The SMILES string of the molecule is CN1CC[C@]2(C)c3cc(O)ccc3C[C@@H]1[C@H]2N(C)C(=O)c1ccccc1C(=O)O. The van der Waals surface area contributed by atoms with Gasteiger partial charge < -0.3 is 20.0 Å². The van der Waals surface area contributed by atoms with Gasteiger partial charge in [-0.25, -0.2) is 4.79 Å². The Morgan fingerprint density at radius 2 is 1.86 bits per heavy atom. The van der Waals surface area contributed by atoms with E-state index in [2.05, 4.69) is 18.9 Å². The molecule has 0 aromatic heterocycles. The minimum atomic E-state index is -1.11. The van der Waals surface area contributed by atoms with Crippen LogP contribution in [-0.2, 0) is 11.8 Å². The molecule has 29 heavy (non-hydrogen) atoms. The van der Waals surface area contributed by atoms with Crippen molar-refractivity contribution in [3.8, 4) is 5.75 Å². The number of nitrogens with zero attached hydrogens (tertiary/aromatic N) is 2. The zero-order chi connectivity index (χ0) is 20.9. The van der Waals surface area contributed by atoms with Crippen molar-refractivity contribution >= 4 is 11.9 Å². The van der Waals surface area contributed by atoms with Gasteiger partial charge in [0.25, 0.3) is 5.91 Å². The first-order valence-corrected chi connectivity index (χ1v) is 9.86. The van der Waals surface area contributed by atoms with Crippen molar-refractivity contribution in [2.45, 2.75) is 37.3 Å². The van der Waals surface area contributed by atoms with E-state index in [-0.39, 0.29) is 40.3 Å². The molecule has 6 heteroatoms. The largest absolute Gasteiger partial charge is 0.508 e. The second kappa shape index (κ2) is 6.88. The number of piperidine rings is 1. The van der Waals surface area contributed by atoms with Crippen LogP contribution in [0.15, 0.2) is 42.5 Å². The fraction of sp³-hybridized carbons (Fsp3) is 0.391. The monoisotopic (exact) mass is 394 g/mol. The Balaban J connectivity index is 1.79. The first-order valence-electron chi connectivity index (χ1n) is 9.86. The Bertz CT molecular complexity index is 989. The van der Waals surface area contributed by atoms with E-state index in [4.69, 9.17) is 0 Å². The number of aromatic hydroxyl groups is 1. The standard InChI is InChI=1S/C23H26N2O4/c1-23-10-11-24(2)19(12-14-8-9-15(26)13-18(14)23)20(23)25(3)21(27)16-6-4-5-7-17(16)22(28)29/h4-9,13,19-20,26H,10-12H2,1-3H3,(H,28,29)/t19-,20-,23-/m1/s1. The summed E-state index contributed by atoms with van der Waals surface area (Å²) in [5, 5.41) is 19.6. The second-order valence-corrected chi connectivity index (χ2v) is 8.47. The lowest BCUT2D eigenvalue weighted by Crippen LogP contribution is -2.67. The molecule has 3 atom stereocenters. The molecule has 0 radical (unpaired) electrons. The minimum Gasteiger partial charge on any atom is -0.508 e. The van der Waals surface area contributed by atoms with Crippen LogP contribution in [0.2, 0.25) is 0 Å². The Morgan fingerprint density at radius 1 is 1.17 bits per heavy atom. The van der Waals surface area contributed by atoms with Crippen LogP contribution in [0, 0.1) is 0 Å². The highest BCUT2D eigenvalue weighted by Crippen LogP contribution is 2.47. The quantitative estimate of drug-likeness (QED) is 0.837. The number of likely N-dealkylation sites (N-methyl/N-ethyl adjacent to an activating group) is 2. The van der Waals surface area contributed by atoms with Crippen molar-refractivity contribution < 1.29 is 19.8 Å². The molecule has 2 aromatic rings. The Hall–Kier alpha value is -2.86. The molecule has 2 aromatic carbocycles. The molecule has 0 saturated carbocycles. The average molecular weight is 394 g/mol. The van der Waals surface area contributed by atoms with E-state index in [1.165, 1.54) is 11.6 Å². The third-order valence-electron chi connectivity index (χ3n) is 6.83. The maximum absolute atomic E-state index is 13.4. The summed E-state index contributed by atoms with van der Waals surface area (Å²) >= 11 is 0. The number of benzene rings is 2. The van der Waals surface area contributed by atoms with Crippen LogP contribution in [0.4, 0.5) is 0 Å². The van der Waals surface area contributed by atoms with Crippen molar-refractivity contribution in [3.63, 3.8) is 0 Å². The average Bonchev–Trinajstić information content (AvgIpc) is 2.70. The van der Waals surface area contributed by atoms with Crippen molar-refractivity contribution in [2.75, 3.05) is 20.6 Å². The first kappa shape index (κ1) is 19.5. The van der Waals surface area contributed by atoms with Crippen LogP contribution >= 0.6 is 0 Å². The van der Waals surface area contributed by atoms with Crippen molar-refractivity contribution in [1.29, 1.82) is 0 Å². The van der Waals surface area contributed by atoms with Gasteiger partial charge in [-0.2, -0.15) is 0 Å². The molecule has 4 rings (SSSR count). The Kier molecular flexibility index (Phi) is 4.62. The summed E-state index contributed by atoms with van der Waals surface area (Å²) in [6.45, 7) is 3.06. The van der Waals surface area contributed by atoms with Crippen LogP contribution in [0.1, 0.15) is 45.2 Å². The number of carbonyl (C=O) groups is 2. The molecule has 2 N–H and O–H groups in total. The third-order valence-corrected chi connectivity index (χ3v) is 6.83. The molecule has 1 aliphatic carbocycles. The maximum atomic E-state index is 13.4. The first-order chi connectivity index (χ1) is 13.7. The van der Waals surface area contributed by atoms with E-state index in [9.17, 15) is 19.8 Å². The van der Waals surface area contributed by atoms with E-state index < -0.39 is 5.97 Å². The predicted molar refractivity (Wildman–Crippen MR) is 109 cm³/mol. The number of carbonyl (C=O) groups excluding carboxylic acids is 1. The summed E-state index contributed by atoms with van der Waals surface area (Å²) in [6, 6.07) is 11.9. The molecule has 1 aliphatic heterocycles. The minimum absolute atomic E-state index is 0.0156. The van der Waals surface area contributed by atoms with Crippen LogP contribution in [0.25, 0.3) is 0 Å². The topological polar surface area (TPSA) is 81.1 Å². The van der Waals surface area contributed by atoms with Gasteiger partial charge in [-0.05, 0) is 61.8 Å². The highest BCUT2D eigenvalue weighted by molar-refractivity contribution is 6.04. The van der Waals surface area contributed by atoms with E-state index in [1.807, 2.05) is 12.1 Å². The number of carboxylic acid groups (broad SMARTS) is 1. The van der Waals surface area contributed by atoms with Crippen LogP contribution < -0.4 is 0 Å². The molecule has 0 spiro atoms. The van der Waals surface area contributed by atoms with E-state index >= 15 is 0 Å². The van der Waals surface area contributed by atoms with Crippen molar-refractivity contribution in [3.05, 3.63) is 64.7 Å². The summed E-state index contributed by atoms with van der Waals surface area (Å²) in [5.41, 5.74) is 2.17. The fourth-order valence-electron chi connectivity index (χ4n) is 5.31. The Morgan fingerprint density at radius 3 is 2.55 bits per heavy atom. The normalized spacial score (nSPS) is 25.9. The molecule has 1 amide bonds. The lowest BCUT2D eigenvalue weighted by molar-refractivity contribution is 0.00517. The fourth-order valence-corrected chi connectivity index (χ4v) is 5.31. The maximum Gasteiger partial charge on any atom is 0.336 e. The van der Waals surface area contributed by atoms with Crippen molar-refractivity contribution in [1.82, 2.24) is 9.80 Å². The molecule has 1 heterocycles. The summed E-state index contributed by atoms with van der Waals surface area (Å²) < 4.78 is 0. The van der Waals surface area contributed by atoms with Gasteiger partial charge in [0.05, 0.1) is 17.2 Å². The molecule has 2 aliphatic rings. The number of fused-ring (bicyclic) bond motifs is 4. The number of phenols is 1. The number of carboxylic acids is 1. The van der Waals surface area contributed by atoms with Gasteiger partial charge in [0, 0.05) is 18.5 Å². The smallest absolute Gasteiger partial charge is 0.336 e. The van der Waals surface area contributed by atoms with Gasteiger partial charge in [0.2, 0.25) is 0 Å². The molecular weight excluding hydrogens is 368 g/mol. The molecule has 1 fully saturated rings. The van der Waals surface area contributed by atoms with Gasteiger partial charge in [0.1, 0.15) is 5.75 Å². The summed E-state index contributed by atoms with van der Waals surface area (Å²) in [6.07, 6.45) is 1.63. The summed E-state index contributed by atoms with van der Waals surface area (Å²) in [4.78, 5) is 29.1. The third kappa shape index (κ3) is 2.99.